The Labute approximate surface area is 86.8 Å². The number of aryl methyl sites for hydroxylation is 1. The maximum absolute atomic E-state index is 4.38. The molecule has 0 saturated heterocycles. The summed E-state index contributed by atoms with van der Waals surface area (Å²) in [5, 5.41) is 7.08. The first-order chi connectivity index (χ1) is 6.79. The van der Waals surface area contributed by atoms with Crippen molar-refractivity contribution in [3.05, 3.63) is 28.6 Å². The second kappa shape index (κ2) is 3.75. The second-order valence-corrected chi connectivity index (χ2v) is 3.76. The van der Waals surface area contributed by atoms with Gasteiger partial charge in [-0.1, -0.05) is 0 Å². The van der Waals surface area contributed by atoms with E-state index in [0.717, 1.165) is 17.0 Å². The summed E-state index contributed by atoms with van der Waals surface area (Å²) < 4.78 is 0. The van der Waals surface area contributed by atoms with Crippen molar-refractivity contribution >= 4 is 17.3 Å². The minimum absolute atomic E-state index is 0.672. The van der Waals surface area contributed by atoms with Gasteiger partial charge in [0.2, 0.25) is 5.95 Å². The van der Waals surface area contributed by atoms with Gasteiger partial charge in [0.1, 0.15) is 0 Å². The van der Waals surface area contributed by atoms with Gasteiger partial charge in [0.15, 0.2) is 0 Å². The molecule has 2 aromatic heterocycles. The number of rotatable bonds is 2. The minimum Gasteiger partial charge on any atom is -0.357 e. The summed E-state index contributed by atoms with van der Waals surface area (Å²) in [5.74, 6) is 0.672. The van der Waals surface area contributed by atoms with Gasteiger partial charge in [0.05, 0.1) is 5.69 Å². The maximum Gasteiger partial charge on any atom is 0.223 e. The van der Waals surface area contributed by atoms with E-state index in [1.807, 2.05) is 25.4 Å². The third kappa shape index (κ3) is 1.75. The molecule has 0 radical (unpaired) electrons. The van der Waals surface area contributed by atoms with Gasteiger partial charge in [0.25, 0.3) is 0 Å². The van der Waals surface area contributed by atoms with Crippen LogP contribution < -0.4 is 5.32 Å². The Morgan fingerprint density at radius 2 is 2.21 bits per heavy atom. The van der Waals surface area contributed by atoms with Crippen molar-refractivity contribution in [2.45, 2.75) is 6.92 Å². The Balaban J connectivity index is 2.48. The van der Waals surface area contributed by atoms with Gasteiger partial charge < -0.3 is 5.32 Å². The molecule has 1 N–H and O–H groups in total. The molecule has 0 aliphatic rings. The zero-order valence-corrected chi connectivity index (χ0v) is 8.93. The molecule has 0 atom stereocenters. The van der Waals surface area contributed by atoms with E-state index in [0.29, 0.717) is 5.95 Å². The molecular weight excluding hydrogens is 194 g/mol. The highest BCUT2D eigenvalue weighted by Crippen LogP contribution is 2.21. The van der Waals surface area contributed by atoms with Gasteiger partial charge in [-0.25, -0.2) is 9.97 Å². The molecule has 0 aromatic carbocycles. The number of aromatic nitrogens is 2. The standard InChI is InChI=1S/C10H11N3S/c1-7-5-9(8-3-4-14-6-8)13-10(11-2)12-7/h3-6H,1-2H3,(H,11,12,13). The molecular formula is C10H11N3S. The average Bonchev–Trinajstić information content (AvgIpc) is 2.69. The molecule has 3 nitrogen and oxygen atoms in total. The first-order valence-corrected chi connectivity index (χ1v) is 5.30. The number of nitrogens with one attached hydrogen (secondary N) is 1. The van der Waals surface area contributed by atoms with Crippen molar-refractivity contribution in [2.24, 2.45) is 0 Å². The van der Waals surface area contributed by atoms with E-state index in [9.17, 15) is 0 Å². The summed E-state index contributed by atoms with van der Waals surface area (Å²) in [7, 11) is 1.83. The van der Waals surface area contributed by atoms with E-state index >= 15 is 0 Å². The fraction of sp³-hybridized carbons (Fsp3) is 0.200. The van der Waals surface area contributed by atoms with Gasteiger partial charge >= 0.3 is 0 Å². The van der Waals surface area contributed by atoms with Crippen LogP contribution in [0, 0.1) is 6.92 Å². The smallest absolute Gasteiger partial charge is 0.223 e. The molecule has 2 rings (SSSR count). The van der Waals surface area contributed by atoms with E-state index in [-0.39, 0.29) is 0 Å². The molecule has 0 amide bonds. The molecule has 0 saturated carbocycles. The van der Waals surface area contributed by atoms with Gasteiger partial charge in [-0.3, -0.25) is 0 Å². The van der Waals surface area contributed by atoms with Crippen LogP contribution in [0.15, 0.2) is 22.9 Å². The van der Waals surface area contributed by atoms with Crippen LogP contribution in [0.2, 0.25) is 0 Å². The number of hydrogen-bond acceptors (Lipinski definition) is 4. The predicted molar refractivity (Wildman–Crippen MR) is 59.6 cm³/mol. The van der Waals surface area contributed by atoms with Crippen molar-refractivity contribution < 1.29 is 0 Å². The first-order valence-electron chi connectivity index (χ1n) is 4.35. The van der Waals surface area contributed by atoms with E-state index in [1.54, 1.807) is 11.3 Å². The van der Waals surface area contributed by atoms with Gasteiger partial charge in [-0.15, -0.1) is 0 Å². The van der Waals surface area contributed by atoms with Crippen molar-refractivity contribution in [1.29, 1.82) is 0 Å². The Kier molecular flexibility index (Phi) is 2.45. The van der Waals surface area contributed by atoms with E-state index in [1.165, 1.54) is 0 Å². The maximum atomic E-state index is 4.38. The zero-order valence-electron chi connectivity index (χ0n) is 8.11. The number of thiophene rings is 1. The molecule has 2 aromatic rings. The van der Waals surface area contributed by atoms with Crippen molar-refractivity contribution in [3.63, 3.8) is 0 Å². The third-order valence-corrected chi connectivity index (χ3v) is 2.58. The van der Waals surface area contributed by atoms with Crippen LogP contribution >= 0.6 is 11.3 Å². The van der Waals surface area contributed by atoms with E-state index in [2.05, 4.69) is 26.7 Å². The fourth-order valence-corrected chi connectivity index (χ4v) is 1.89. The molecule has 2 heterocycles. The van der Waals surface area contributed by atoms with Crippen LogP contribution in [0.3, 0.4) is 0 Å². The lowest BCUT2D eigenvalue weighted by Gasteiger charge is -2.03. The molecule has 0 bridgehead atoms. The van der Waals surface area contributed by atoms with Gasteiger partial charge in [0, 0.05) is 23.7 Å². The van der Waals surface area contributed by atoms with E-state index < -0.39 is 0 Å². The number of hydrogen-bond donors (Lipinski definition) is 1. The highest BCUT2D eigenvalue weighted by Gasteiger charge is 2.03. The molecule has 0 aliphatic heterocycles. The fourth-order valence-electron chi connectivity index (χ4n) is 1.24. The Hall–Kier alpha value is -1.42. The van der Waals surface area contributed by atoms with Crippen LogP contribution in [0.4, 0.5) is 5.95 Å². The van der Waals surface area contributed by atoms with E-state index in [4.69, 9.17) is 0 Å². The Morgan fingerprint density at radius 1 is 1.36 bits per heavy atom. The first kappa shape index (κ1) is 9.15. The molecule has 0 fully saturated rings. The number of anilines is 1. The summed E-state index contributed by atoms with van der Waals surface area (Å²) in [5.41, 5.74) is 3.10. The summed E-state index contributed by atoms with van der Waals surface area (Å²) in [6, 6.07) is 4.05. The van der Waals surface area contributed by atoms with Crippen molar-refractivity contribution in [2.75, 3.05) is 12.4 Å². The Bertz CT molecular complexity index is 423. The zero-order chi connectivity index (χ0) is 9.97. The lowest BCUT2D eigenvalue weighted by Crippen LogP contribution is -1.98. The summed E-state index contributed by atoms with van der Waals surface area (Å²) in [6.45, 7) is 1.97. The summed E-state index contributed by atoms with van der Waals surface area (Å²) in [6.07, 6.45) is 0. The van der Waals surface area contributed by atoms with Crippen LogP contribution in [-0.2, 0) is 0 Å². The molecule has 4 heteroatoms. The van der Waals surface area contributed by atoms with Crippen LogP contribution in [0.25, 0.3) is 11.3 Å². The highest BCUT2D eigenvalue weighted by atomic mass is 32.1. The lowest BCUT2D eigenvalue weighted by molar-refractivity contribution is 1.10. The largest absolute Gasteiger partial charge is 0.357 e. The lowest BCUT2D eigenvalue weighted by atomic mass is 10.2. The van der Waals surface area contributed by atoms with Crippen molar-refractivity contribution in [3.8, 4) is 11.3 Å². The van der Waals surface area contributed by atoms with Crippen LogP contribution in [-0.4, -0.2) is 17.0 Å². The molecule has 0 unspecified atom stereocenters. The molecule has 0 spiro atoms. The quantitative estimate of drug-likeness (QED) is 0.818. The summed E-state index contributed by atoms with van der Waals surface area (Å²) in [4.78, 5) is 8.62. The van der Waals surface area contributed by atoms with Gasteiger partial charge in [-0.05, 0) is 24.4 Å². The molecule has 14 heavy (non-hydrogen) atoms. The molecule has 72 valence electrons. The minimum atomic E-state index is 0.672. The predicted octanol–water partition coefficient (Wildman–Crippen LogP) is 2.56. The normalized spacial score (nSPS) is 10.1. The monoisotopic (exact) mass is 205 g/mol. The van der Waals surface area contributed by atoms with Crippen LogP contribution in [0.5, 0.6) is 0 Å². The average molecular weight is 205 g/mol. The van der Waals surface area contributed by atoms with Crippen LogP contribution in [0.1, 0.15) is 5.69 Å². The second-order valence-electron chi connectivity index (χ2n) is 2.98. The molecule has 0 aliphatic carbocycles. The summed E-state index contributed by atoms with van der Waals surface area (Å²) >= 11 is 1.67. The topological polar surface area (TPSA) is 37.8 Å². The highest BCUT2D eigenvalue weighted by molar-refractivity contribution is 7.08. The Morgan fingerprint density at radius 3 is 2.86 bits per heavy atom. The van der Waals surface area contributed by atoms with Gasteiger partial charge in [-0.2, -0.15) is 11.3 Å². The van der Waals surface area contributed by atoms with Crippen molar-refractivity contribution in [1.82, 2.24) is 9.97 Å². The number of nitrogens with zero attached hydrogens (tertiary/aromatic N) is 2. The SMILES string of the molecule is CNc1nc(C)cc(-c2ccsc2)n1. The third-order valence-electron chi connectivity index (χ3n) is 1.89.